The Morgan fingerprint density at radius 1 is 1.04 bits per heavy atom. The van der Waals surface area contributed by atoms with Crippen molar-refractivity contribution in [2.24, 2.45) is 0 Å². The Labute approximate surface area is 156 Å². The second-order valence-electron chi connectivity index (χ2n) is 7.48. The molecule has 1 amide bonds. The number of hydrogen-bond acceptors (Lipinski definition) is 4. The van der Waals surface area contributed by atoms with Crippen LogP contribution >= 0.6 is 0 Å². The van der Waals surface area contributed by atoms with Gasteiger partial charge in [-0.1, -0.05) is 24.3 Å². The highest BCUT2D eigenvalue weighted by Crippen LogP contribution is 2.37. The van der Waals surface area contributed by atoms with Crippen molar-refractivity contribution in [3.63, 3.8) is 0 Å². The van der Waals surface area contributed by atoms with Gasteiger partial charge in [0.05, 0.1) is 12.2 Å². The third kappa shape index (κ3) is 2.16. The topological polar surface area (TPSA) is 63.1 Å². The summed E-state index contributed by atoms with van der Waals surface area (Å²) < 4.78 is 1.88. The smallest absolute Gasteiger partial charge is 0.269 e. The van der Waals surface area contributed by atoms with Gasteiger partial charge in [0.25, 0.3) is 5.91 Å². The predicted octanol–water partition coefficient (Wildman–Crippen LogP) is 2.31. The Kier molecular flexibility index (Phi) is 3.01. The third-order valence-electron chi connectivity index (χ3n) is 5.91. The average molecular weight is 357 g/mol. The van der Waals surface area contributed by atoms with Crippen molar-refractivity contribution in [2.45, 2.75) is 32.5 Å². The van der Waals surface area contributed by atoms with Crippen molar-refractivity contribution in [2.75, 3.05) is 11.4 Å². The molecule has 0 atom stereocenters. The van der Waals surface area contributed by atoms with Crippen LogP contribution in [0.2, 0.25) is 0 Å². The molecular formula is C21H19N5O. The van der Waals surface area contributed by atoms with Crippen LogP contribution in [0.4, 0.5) is 5.82 Å². The second-order valence-corrected chi connectivity index (χ2v) is 7.48. The highest BCUT2D eigenvalue weighted by atomic mass is 16.2. The number of nitrogens with one attached hydrogen (secondary N) is 1. The molecule has 6 rings (SSSR count). The molecule has 2 aliphatic heterocycles. The fraction of sp³-hybridized carbons (Fsp3) is 0.286. The maximum absolute atomic E-state index is 12.3. The van der Waals surface area contributed by atoms with Gasteiger partial charge in [-0.15, -0.1) is 0 Å². The van der Waals surface area contributed by atoms with E-state index in [-0.39, 0.29) is 5.91 Å². The van der Waals surface area contributed by atoms with E-state index in [1.807, 2.05) is 10.9 Å². The van der Waals surface area contributed by atoms with Crippen molar-refractivity contribution in [3.8, 4) is 11.3 Å². The molecule has 4 heterocycles. The molecule has 1 aliphatic carbocycles. The van der Waals surface area contributed by atoms with Gasteiger partial charge in [0.15, 0.2) is 0 Å². The predicted molar refractivity (Wildman–Crippen MR) is 102 cm³/mol. The molecule has 6 nitrogen and oxygen atoms in total. The quantitative estimate of drug-likeness (QED) is 0.726. The van der Waals surface area contributed by atoms with Crippen LogP contribution in [0.25, 0.3) is 11.3 Å². The van der Waals surface area contributed by atoms with Gasteiger partial charge in [-0.05, 0) is 35.6 Å². The molecule has 0 spiro atoms. The highest BCUT2D eigenvalue weighted by molar-refractivity contribution is 5.97. The zero-order valence-electron chi connectivity index (χ0n) is 14.9. The summed E-state index contributed by atoms with van der Waals surface area (Å²) >= 11 is 0. The van der Waals surface area contributed by atoms with Crippen LogP contribution in [0.1, 0.15) is 32.7 Å². The van der Waals surface area contributed by atoms with Gasteiger partial charge in [-0.2, -0.15) is 5.10 Å². The van der Waals surface area contributed by atoms with Crippen LogP contribution in [0.15, 0.2) is 36.5 Å². The molecule has 0 unspecified atom stereocenters. The van der Waals surface area contributed by atoms with Crippen LogP contribution in [0.3, 0.4) is 0 Å². The molecule has 6 heteroatoms. The minimum absolute atomic E-state index is 0.00252. The van der Waals surface area contributed by atoms with E-state index in [1.54, 1.807) is 0 Å². The molecule has 3 aromatic rings. The van der Waals surface area contributed by atoms with Crippen molar-refractivity contribution in [3.05, 3.63) is 64.5 Å². The molecule has 0 saturated carbocycles. The summed E-state index contributed by atoms with van der Waals surface area (Å²) in [5.41, 5.74) is 7.88. The first-order chi connectivity index (χ1) is 13.3. The van der Waals surface area contributed by atoms with E-state index in [9.17, 15) is 4.79 Å². The van der Waals surface area contributed by atoms with E-state index in [2.05, 4.69) is 40.5 Å². The number of anilines is 1. The van der Waals surface area contributed by atoms with Crippen LogP contribution in [-0.2, 0) is 32.5 Å². The number of carbonyl (C=O) groups is 1. The Bertz CT molecular complexity index is 1070. The second kappa shape index (κ2) is 5.42. The summed E-state index contributed by atoms with van der Waals surface area (Å²) in [7, 11) is 0. The fourth-order valence-electron chi connectivity index (χ4n) is 4.55. The number of aromatic nitrogens is 3. The molecule has 2 aromatic heterocycles. The fourth-order valence-corrected chi connectivity index (χ4v) is 4.55. The number of pyridine rings is 1. The molecular weight excluding hydrogens is 338 g/mol. The van der Waals surface area contributed by atoms with Gasteiger partial charge < -0.3 is 10.2 Å². The maximum Gasteiger partial charge on any atom is 0.269 e. The number of rotatable bonds is 1. The lowest BCUT2D eigenvalue weighted by Crippen LogP contribution is -2.36. The number of aryl methyl sites for hydroxylation is 1. The first-order valence-corrected chi connectivity index (χ1v) is 9.47. The summed E-state index contributed by atoms with van der Waals surface area (Å²) in [6, 6.07) is 10.7. The molecule has 0 radical (unpaired) electrons. The van der Waals surface area contributed by atoms with Crippen molar-refractivity contribution < 1.29 is 4.79 Å². The van der Waals surface area contributed by atoms with Crippen molar-refractivity contribution >= 4 is 11.7 Å². The van der Waals surface area contributed by atoms with Crippen molar-refractivity contribution in [1.82, 2.24) is 20.1 Å². The molecule has 27 heavy (non-hydrogen) atoms. The van der Waals surface area contributed by atoms with Gasteiger partial charge in [0, 0.05) is 37.0 Å². The first-order valence-electron chi connectivity index (χ1n) is 9.47. The zero-order valence-corrected chi connectivity index (χ0v) is 14.9. The minimum Gasteiger partial charge on any atom is -0.349 e. The van der Waals surface area contributed by atoms with Crippen LogP contribution in [-0.4, -0.2) is 27.2 Å². The number of carbonyl (C=O) groups excluding carboxylic acids is 1. The van der Waals surface area contributed by atoms with E-state index in [0.717, 1.165) is 60.8 Å². The molecule has 134 valence electrons. The highest BCUT2D eigenvalue weighted by Gasteiger charge is 2.31. The molecule has 0 bridgehead atoms. The SMILES string of the molecule is O=C1NCCn2nc3c(c21)CCc1cnc(N2Cc4ccccc4C2)cc1-3. The van der Waals surface area contributed by atoms with Crippen LogP contribution in [0, 0.1) is 0 Å². The molecule has 1 aromatic carbocycles. The zero-order chi connectivity index (χ0) is 18.0. The number of hydrogen-bond donors (Lipinski definition) is 1. The Hall–Kier alpha value is -3.15. The first kappa shape index (κ1) is 15.0. The van der Waals surface area contributed by atoms with E-state index < -0.39 is 0 Å². The Balaban J connectivity index is 1.43. The van der Waals surface area contributed by atoms with Crippen molar-refractivity contribution in [1.29, 1.82) is 0 Å². The standard InChI is InChI=1S/C21H19N5O/c27-21-20-16-6-5-13-10-23-18(25-11-14-3-1-2-4-15(14)12-25)9-17(13)19(16)24-26(20)8-7-22-21/h1-4,9-10H,5-8,11-12H2,(H,22,27). The van der Waals surface area contributed by atoms with E-state index in [4.69, 9.17) is 10.1 Å². The number of nitrogens with zero attached hydrogens (tertiary/aromatic N) is 4. The lowest BCUT2D eigenvalue weighted by molar-refractivity contribution is 0.0923. The van der Waals surface area contributed by atoms with E-state index in [0.29, 0.717) is 6.54 Å². The van der Waals surface area contributed by atoms with Crippen LogP contribution in [0.5, 0.6) is 0 Å². The van der Waals surface area contributed by atoms with Gasteiger partial charge in [0.2, 0.25) is 0 Å². The molecule has 0 saturated heterocycles. The van der Waals surface area contributed by atoms with Gasteiger partial charge >= 0.3 is 0 Å². The summed E-state index contributed by atoms with van der Waals surface area (Å²) in [5, 5.41) is 7.74. The van der Waals surface area contributed by atoms with Crippen LogP contribution < -0.4 is 10.2 Å². The summed E-state index contributed by atoms with van der Waals surface area (Å²) in [5.74, 6) is 0.982. The number of benzene rings is 1. The largest absolute Gasteiger partial charge is 0.349 e. The monoisotopic (exact) mass is 357 g/mol. The molecule has 1 N–H and O–H groups in total. The maximum atomic E-state index is 12.3. The average Bonchev–Trinajstić information content (AvgIpc) is 3.29. The van der Waals surface area contributed by atoms with E-state index in [1.165, 1.54) is 16.7 Å². The van der Waals surface area contributed by atoms with Gasteiger partial charge in [0.1, 0.15) is 11.5 Å². The summed E-state index contributed by atoms with van der Waals surface area (Å²) in [4.78, 5) is 19.4. The summed E-state index contributed by atoms with van der Waals surface area (Å²) in [6.07, 6.45) is 3.75. The normalized spacial score (nSPS) is 17.0. The molecule has 0 fully saturated rings. The lowest BCUT2D eigenvalue weighted by Gasteiger charge is -2.21. The lowest BCUT2D eigenvalue weighted by atomic mass is 9.90. The molecule has 3 aliphatic rings. The number of amides is 1. The Morgan fingerprint density at radius 3 is 2.67 bits per heavy atom. The van der Waals surface area contributed by atoms with E-state index >= 15 is 0 Å². The number of fused-ring (bicyclic) bond motifs is 6. The Morgan fingerprint density at radius 2 is 1.85 bits per heavy atom. The third-order valence-corrected chi connectivity index (χ3v) is 5.91. The van der Waals surface area contributed by atoms with Gasteiger partial charge in [-0.3, -0.25) is 9.48 Å². The summed E-state index contributed by atoms with van der Waals surface area (Å²) in [6.45, 7) is 3.16. The minimum atomic E-state index is 0.00252. The van der Waals surface area contributed by atoms with Gasteiger partial charge in [-0.25, -0.2) is 4.98 Å².